The highest BCUT2D eigenvalue weighted by molar-refractivity contribution is 7.88. The number of sulfonamides is 1. The van der Waals surface area contributed by atoms with Crippen molar-refractivity contribution in [3.8, 4) is 5.75 Å². The minimum absolute atomic E-state index is 0.0101. The van der Waals surface area contributed by atoms with Gasteiger partial charge in [0.1, 0.15) is 6.33 Å². The van der Waals surface area contributed by atoms with Crippen molar-refractivity contribution in [3.63, 3.8) is 0 Å². The lowest BCUT2D eigenvalue weighted by Crippen LogP contribution is -2.52. The van der Waals surface area contributed by atoms with Gasteiger partial charge in [0.25, 0.3) is 5.91 Å². The lowest BCUT2D eigenvalue weighted by molar-refractivity contribution is -0.0442. The molecular weight excluding hydrogens is 592 g/mol. The number of piperidine rings is 2. The molecule has 236 valence electrons. The first-order chi connectivity index (χ1) is 20.6. The number of nitrogens with one attached hydrogen (secondary N) is 1. The summed E-state index contributed by atoms with van der Waals surface area (Å²) < 4.78 is 37.4. The van der Waals surface area contributed by atoms with E-state index in [2.05, 4.69) is 20.2 Å². The Balaban J connectivity index is 1.14. The zero-order valence-electron chi connectivity index (χ0n) is 25.2. The molecule has 43 heavy (non-hydrogen) atoms. The molecular formula is C30H43ClN6O5S. The van der Waals surface area contributed by atoms with Gasteiger partial charge in [0.05, 0.1) is 25.6 Å². The largest absolute Gasteiger partial charge is 0.491 e. The van der Waals surface area contributed by atoms with E-state index >= 15 is 0 Å². The Bertz CT molecular complexity index is 1350. The molecule has 0 spiro atoms. The first kappa shape index (κ1) is 31.9. The second kappa shape index (κ2) is 14.1. The average molecular weight is 635 g/mol. The van der Waals surface area contributed by atoms with Crippen molar-refractivity contribution in [2.75, 3.05) is 58.5 Å². The van der Waals surface area contributed by atoms with E-state index in [4.69, 9.17) is 21.1 Å². The number of aromatic nitrogens is 2. The molecule has 0 saturated carbocycles. The number of carbonyl (C=O) groups is 1. The van der Waals surface area contributed by atoms with Gasteiger partial charge in [-0.25, -0.2) is 22.7 Å². The highest BCUT2D eigenvalue weighted by Gasteiger charge is 2.34. The first-order valence-electron chi connectivity index (χ1n) is 15.1. The number of hydrogen-bond donors (Lipinski definition) is 1. The van der Waals surface area contributed by atoms with Crippen molar-refractivity contribution < 1.29 is 22.7 Å². The summed E-state index contributed by atoms with van der Waals surface area (Å²) in [6.45, 7) is 3.52. The summed E-state index contributed by atoms with van der Waals surface area (Å²) in [6, 6.07) is 8.24. The molecule has 0 radical (unpaired) electrons. The van der Waals surface area contributed by atoms with Crippen LogP contribution in [-0.2, 0) is 14.8 Å². The standard InChI is InChI=1S/C30H43ClN6O5S/c1-35(43(3,39)40)23-11-15-36(16-12-23)24-13-17-37(18-14-24)30(38)27-28(41-2)29(34-20-33-27)32-19-25-5-4-6-26(42-25)21-7-9-22(31)10-8-21/h7-10,20,23-26H,4-6,11-19H2,1-3H3,(H,32,33,34). The molecule has 1 amide bonds. The number of likely N-dealkylation sites (tertiary alicyclic amines) is 2. The number of benzene rings is 1. The van der Waals surface area contributed by atoms with E-state index in [0.29, 0.717) is 42.3 Å². The maximum atomic E-state index is 13.6. The SMILES string of the molecule is COc1c(NCC2CCCC(c3ccc(Cl)cc3)O2)ncnc1C(=O)N1CCC(N2CCC(N(C)S(C)(=O)=O)CC2)CC1. The third-order valence-electron chi connectivity index (χ3n) is 9.10. The van der Waals surface area contributed by atoms with Gasteiger partial charge in [-0.1, -0.05) is 23.7 Å². The summed E-state index contributed by atoms with van der Waals surface area (Å²) in [7, 11) is 0.0189. The van der Waals surface area contributed by atoms with Gasteiger partial charge in [-0.05, 0) is 75.7 Å². The highest BCUT2D eigenvalue weighted by atomic mass is 35.5. The molecule has 0 bridgehead atoms. The normalized spacial score (nSPS) is 23.0. The van der Waals surface area contributed by atoms with Gasteiger partial charge in [0.15, 0.2) is 17.3 Å². The van der Waals surface area contributed by atoms with Gasteiger partial charge in [-0.2, -0.15) is 0 Å². The molecule has 3 aliphatic heterocycles. The number of amides is 1. The number of ether oxygens (including phenoxy) is 2. The van der Waals surface area contributed by atoms with Crippen LogP contribution in [0.25, 0.3) is 0 Å². The lowest BCUT2D eigenvalue weighted by atomic mass is 9.97. The summed E-state index contributed by atoms with van der Waals surface area (Å²) in [6.07, 6.45) is 9.00. The molecule has 11 nitrogen and oxygen atoms in total. The first-order valence-corrected chi connectivity index (χ1v) is 17.4. The van der Waals surface area contributed by atoms with Crippen LogP contribution in [-0.4, -0.2) is 110 Å². The number of rotatable bonds is 9. The minimum atomic E-state index is -3.18. The molecule has 3 saturated heterocycles. The summed E-state index contributed by atoms with van der Waals surface area (Å²) in [5, 5.41) is 4.05. The van der Waals surface area contributed by atoms with E-state index in [9.17, 15) is 13.2 Å². The molecule has 0 aliphatic carbocycles. The van der Waals surface area contributed by atoms with Crippen LogP contribution < -0.4 is 10.1 Å². The highest BCUT2D eigenvalue weighted by Crippen LogP contribution is 2.33. The van der Waals surface area contributed by atoms with Crippen LogP contribution in [0.1, 0.15) is 67.1 Å². The maximum absolute atomic E-state index is 13.6. The Hall–Kier alpha value is -2.51. The summed E-state index contributed by atoms with van der Waals surface area (Å²) in [4.78, 5) is 26.6. The van der Waals surface area contributed by atoms with Crippen molar-refractivity contribution in [2.24, 2.45) is 0 Å². The fraction of sp³-hybridized carbons (Fsp3) is 0.633. The van der Waals surface area contributed by atoms with Gasteiger partial charge in [0.2, 0.25) is 10.0 Å². The molecule has 1 aromatic carbocycles. The van der Waals surface area contributed by atoms with Gasteiger partial charge in [0, 0.05) is 43.8 Å². The zero-order valence-corrected chi connectivity index (χ0v) is 26.8. The van der Waals surface area contributed by atoms with Crippen LogP contribution >= 0.6 is 11.6 Å². The number of nitrogens with zero attached hydrogens (tertiary/aromatic N) is 5. The average Bonchev–Trinajstić information content (AvgIpc) is 3.03. The van der Waals surface area contributed by atoms with Crippen LogP contribution in [0.3, 0.4) is 0 Å². The van der Waals surface area contributed by atoms with E-state index in [-0.39, 0.29) is 29.9 Å². The van der Waals surface area contributed by atoms with E-state index in [1.807, 2.05) is 29.2 Å². The number of anilines is 1. The number of carbonyl (C=O) groups excluding carboxylic acids is 1. The summed E-state index contributed by atoms with van der Waals surface area (Å²) in [5.41, 5.74) is 1.38. The van der Waals surface area contributed by atoms with Crippen molar-refractivity contribution in [1.82, 2.24) is 24.1 Å². The van der Waals surface area contributed by atoms with Gasteiger partial charge in [-0.3, -0.25) is 4.79 Å². The Morgan fingerprint density at radius 2 is 1.77 bits per heavy atom. The smallest absolute Gasteiger partial charge is 0.276 e. The molecule has 4 heterocycles. The second-order valence-corrected chi connectivity index (χ2v) is 14.3. The maximum Gasteiger partial charge on any atom is 0.276 e. The Morgan fingerprint density at radius 1 is 1.07 bits per heavy atom. The third-order valence-corrected chi connectivity index (χ3v) is 10.7. The predicted octanol–water partition coefficient (Wildman–Crippen LogP) is 3.82. The van der Waals surface area contributed by atoms with Crippen LogP contribution in [0.4, 0.5) is 5.82 Å². The fourth-order valence-electron chi connectivity index (χ4n) is 6.50. The number of halogens is 1. The molecule has 3 fully saturated rings. The third kappa shape index (κ3) is 7.78. The predicted molar refractivity (Wildman–Crippen MR) is 166 cm³/mol. The van der Waals surface area contributed by atoms with Crippen LogP contribution in [0, 0.1) is 0 Å². The van der Waals surface area contributed by atoms with E-state index in [1.165, 1.54) is 24.0 Å². The van der Waals surface area contributed by atoms with Crippen molar-refractivity contribution in [1.29, 1.82) is 0 Å². The molecule has 2 aromatic rings. The molecule has 2 unspecified atom stereocenters. The van der Waals surface area contributed by atoms with Gasteiger partial charge >= 0.3 is 0 Å². The zero-order chi connectivity index (χ0) is 30.6. The topological polar surface area (TPSA) is 117 Å². The van der Waals surface area contributed by atoms with Crippen LogP contribution in [0.5, 0.6) is 5.75 Å². The van der Waals surface area contributed by atoms with E-state index in [1.54, 1.807) is 7.05 Å². The van der Waals surface area contributed by atoms with Crippen molar-refractivity contribution in [3.05, 3.63) is 46.9 Å². The number of hydrogen-bond acceptors (Lipinski definition) is 9. The van der Waals surface area contributed by atoms with Crippen LogP contribution in [0.2, 0.25) is 5.02 Å². The number of methoxy groups -OCH3 is 1. The van der Waals surface area contributed by atoms with Gasteiger partial charge < -0.3 is 24.6 Å². The lowest BCUT2D eigenvalue weighted by Gasteiger charge is -2.43. The minimum Gasteiger partial charge on any atom is -0.491 e. The van der Waals surface area contributed by atoms with E-state index < -0.39 is 10.0 Å². The van der Waals surface area contributed by atoms with E-state index in [0.717, 1.165) is 63.6 Å². The second-order valence-electron chi connectivity index (χ2n) is 11.8. The van der Waals surface area contributed by atoms with Crippen molar-refractivity contribution in [2.45, 2.75) is 69.2 Å². The fourth-order valence-corrected chi connectivity index (χ4v) is 7.38. The molecule has 13 heteroatoms. The summed E-state index contributed by atoms with van der Waals surface area (Å²) >= 11 is 6.05. The van der Waals surface area contributed by atoms with Crippen LogP contribution in [0.15, 0.2) is 30.6 Å². The molecule has 2 atom stereocenters. The van der Waals surface area contributed by atoms with Crippen molar-refractivity contribution >= 4 is 33.3 Å². The molecule has 3 aliphatic rings. The molecule has 1 aromatic heterocycles. The Labute approximate surface area is 259 Å². The summed E-state index contributed by atoms with van der Waals surface area (Å²) in [5.74, 6) is 0.664. The monoisotopic (exact) mass is 634 g/mol. The quantitative estimate of drug-likeness (QED) is 0.439. The van der Waals surface area contributed by atoms with Gasteiger partial charge in [-0.15, -0.1) is 0 Å². The Morgan fingerprint density at radius 3 is 2.42 bits per heavy atom. The molecule has 1 N–H and O–H groups in total. The molecule has 5 rings (SSSR count). The Kier molecular flexibility index (Phi) is 10.4.